The Morgan fingerprint density at radius 3 is 2.50 bits per heavy atom. The van der Waals surface area contributed by atoms with E-state index < -0.39 is 0 Å². The van der Waals surface area contributed by atoms with Crippen molar-refractivity contribution in [1.29, 1.82) is 0 Å². The minimum atomic E-state index is -0.0649. The summed E-state index contributed by atoms with van der Waals surface area (Å²) in [5, 5.41) is 0. The highest BCUT2D eigenvalue weighted by molar-refractivity contribution is 6.01. The maximum Gasteiger partial charge on any atom is 0.166 e. The Kier molecular flexibility index (Phi) is 2.44. The minimum Gasteiger partial charge on any atom is -0.300 e. The third-order valence-corrected chi connectivity index (χ3v) is 2.67. The van der Waals surface area contributed by atoms with Gasteiger partial charge in [-0.25, -0.2) is 0 Å². The summed E-state index contributed by atoms with van der Waals surface area (Å²) < 4.78 is 0. The Morgan fingerprint density at radius 2 is 1.93 bits per heavy atom. The quantitative estimate of drug-likeness (QED) is 0.667. The first-order valence-electron chi connectivity index (χ1n) is 4.88. The SMILES string of the molecule is O=C1CC[C@H](C(=O)c2ccccc2)C1. The van der Waals surface area contributed by atoms with Crippen LogP contribution in [-0.4, -0.2) is 11.6 Å². The number of Topliss-reactive ketones (excluding diaryl/α,β-unsaturated/α-hetero) is 2. The smallest absolute Gasteiger partial charge is 0.166 e. The molecule has 0 heterocycles. The van der Waals surface area contributed by atoms with E-state index in [1.165, 1.54) is 0 Å². The molecule has 2 heteroatoms. The lowest BCUT2D eigenvalue weighted by Crippen LogP contribution is -2.11. The Balaban J connectivity index is 2.13. The summed E-state index contributed by atoms with van der Waals surface area (Å²) in [5.41, 5.74) is 0.729. The summed E-state index contributed by atoms with van der Waals surface area (Å²) in [6.07, 6.45) is 1.74. The molecule has 0 spiro atoms. The van der Waals surface area contributed by atoms with E-state index in [1.54, 1.807) is 0 Å². The molecule has 1 atom stereocenters. The minimum absolute atomic E-state index is 0.0649. The first-order chi connectivity index (χ1) is 6.77. The number of benzene rings is 1. The Morgan fingerprint density at radius 1 is 1.21 bits per heavy atom. The first-order valence-corrected chi connectivity index (χ1v) is 4.88. The zero-order chi connectivity index (χ0) is 9.97. The molecule has 0 amide bonds. The lowest BCUT2D eigenvalue weighted by Gasteiger charge is -2.05. The van der Waals surface area contributed by atoms with Gasteiger partial charge >= 0.3 is 0 Å². The van der Waals surface area contributed by atoms with Crippen molar-refractivity contribution in [3.8, 4) is 0 Å². The molecule has 0 unspecified atom stereocenters. The molecule has 2 rings (SSSR count). The number of hydrogen-bond donors (Lipinski definition) is 0. The third kappa shape index (κ3) is 1.74. The molecule has 0 N–H and O–H groups in total. The van der Waals surface area contributed by atoms with Gasteiger partial charge in [-0.2, -0.15) is 0 Å². The van der Waals surface area contributed by atoms with Gasteiger partial charge in [-0.05, 0) is 6.42 Å². The third-order valence-electron chi connectivity index (χ3n) is 2.67. The van der Waals surface area contributed by atoms with Crippen molar-refractivity contribution in [3.63, 3.8) is 0 Å². The van der Waals surface area contributed by atoms with Gasteiger partial charge < -0.3 is 0 Å². The molecule has 14 heavy (non-hydrogen) atoms. The van der Waals surface area contributed by atoms with Gasteiger partial charge in [0.05, 0.1) is 0 Å². The molecule has 0 saturated heterocycles. The highest BCUT2D eigenvalue weighted by atomic mass is 16.1. The summed E-state index contributed by atoms with van der Waals surface area (Å²) in [4.78, 5) is 22.9. The van der Waals surface area contributed by atoms with Crippen LogP contribution in [0.3, 0.4) is 0 Å². The number of ketones is 2. The van der Waals surface area contributed by atoms with Gasteiger partial charge in [0.15, 0.2) is 5.78 Å². The maximum absolute atomic E-state index is 11.8. The molecule has 0 bridgehead atoms. The molecule has 0 aromatic heterocycles. The Hall–Kier alpha value is -1.44. The van der Waals surface area contributed by atoms with Gasteiger partial charge in [-0.15, -0.1) is 0 Å². The highest BCUT2D eigenvalue weighted by Crippen LogP contribution is 2.25. The second-order valence-corrected chi connectivity index (χ2v) is 3.71. The van der Waals surface area contributed by atoms with Crippen LogP contribution in [0, 0.1) is 5.92 Å². The summed E-state index contributed by atoms with van der Waals surface area (Å²) in [6, 6.07) is 9.21. The van der Waals surface area contributed by atoms with Gasteiger partial charge in [0.2, 0.25) is 0 Å². The fourth-order valence-corrected chi connectivity index (χ4v) is 1.88. The second kappa shape index (κ2) is 3.74. The van der Waals surface area contributed by atoms with Crippen LogP contribution < -0.4 is 0 Å². The number of carbonyl (C=O) groups is 2. The molecule has 72 valence electrons. The molecular weight excluding hydrogens is 176 g/mol. The first kappa shape index (κ1) is 9.13. The van der Waals surface area contributed by atoms with E-state index in [0.717, 1.165) is 12.0 Å². The molecule has 0 radical (unpaired) electrons. The van der Waals surface area contributed by atoms with Crippen LogP contribution in [0.1, 0.15) is 29.6 Å². The van der Waals surface area contributed by atoms with Crippen molar-refractivity contribution in [2.24, 2.45) is 5.92 Å². The van der Waals surface area contributed by atoms with E-state index in [-0.39, 0.29) is 17.5 Å². The normalized spacial score (nSPS) is 21.1. The van der Waals surface area contributed by atoms with Crippen LogP contribution in [0.5, 0.6) is 0 Å². The fourth-order valence-electron chi connectivity index (χ4n) is 1.88. The van der Waals surface area contributed by atoms with E-state index in [2.05, 4.69) is 0 Å². The van der Waals surface area contributed by atoms with Gasteiger partial charge in [0, 0.05) is 24.3 Å². The van der Waals surface area contributed by atoms with E-state index in [1.807, 2.05) is 30.3 Å². The largest absolute Gasteiger partial charge is 0.300 e. The van der Waals surface area contributed by atoms with Crippen molar-refractivity contribution in [2.45, 2.75) is 19.3 Å². The van der Waals surface area contributed by atoms with Crippen LogP contribution in [0.25, 0.3) is 0 Å². The fraction of sp³-hybridized carbons (Fsp3) is 0.333. The van der Waals surface area contributed by atoms with Crippen LogP contribution in [0.15, 0.2) is 30.3 Å². The molecule has 1 aromatic rings. The van der Waals surface area contributed by atoms with Crippen molar-refractivity contribution in [1.82, 2.24) is 0 Å². The summed E-state index contributed by atoms with van der Waals surface area (Å²) in [5.74, 6) is 0.278. The monoisotopic (exact) mass is 188 g/mol. The Bertz CT molecular complexity index is 354. The van der Waals surface area contributed by atoms with Crippen LogP contribution in [0.4, 0.5) is 0 Å². The second-order valence-electron chi connectivity index (χ2n) is 3.71. The van der Waals surface area contributed by atoms with Crippen molar-refractivity contribution in [2.75, 3.05) is 0 Å². The van der Waals surface area contributed by atoms with Crippen molar-refractivity contribution >= 4 is 11.6 Å². The topological polar surface area (TPSA) is 34.1 Å². The van der Waals surface area contributed by atoms with E-state index >= 15 is 0 Å². The van der Waals surface area contributed by atoms with Crippen LogP contribution >= 0.6 is 0 Å². The highest BCUT2D eigenvalue weighted by Gasteiger charge is 2.28. The van der Waals surface area contributed by atoms with Crippen LogP contribution in [0.2, 0.25) is 0 Å². The lowest BCUT2D eigenvalue weighted by molar-refractivity contribution is -0.117. The van der Waals surface area contributed by atoms with E-state index in [0.29, 0.717) is 12.8 Å². The zero-order valence-corrected chi connectivity index (χ0v) is 7.90. The maximum atomic E-state index is 11.8. The van der Waals surface area contributed by atoms with Crippen molar-refractivity contribution < 1.29 is 9.59 Å². The van der Waals surface area contributed by atoms with E-state index in [4.69, 9.17) is 0 Å². The molecule has 2 nitrogen and oxygen atoms in total. The van der Waals surface area contributed by atoms with Crippen LogP contribution in [-0.2, 0) is 4.79 Å². The summed E-state index contributed by atoms with van der Waals surface area (Å²) >= 11 is 0. The molecular formula is C12H12O2. The molecule has 0 aliphatic heterocycles. The van der Waals surface area contributed by atoms with Gasteiger partial charge in [0.1, 0.15) is 5.78 Å². The number of carbonyl (C=O) groups excluding carboxylic acids is 2. The summed E-state index contributed by atoms with van der Waals surface area (Å²) in [7, 11) is 0. The predicted molar refractivity (Wildman–Crippen MR) is 53.1 cm³/mol. The summed E-state index contributed by atoms with van der Waals surface area (Å²) in [6.45, 7) is 0. The molecule has 1 aliphatic carbocycles. The molecule has 1 aliphatic rings. The van der Waals surface area contributed by atoms with Gasteiger partial charge in [-0.3, -0.25) is 9.59 Å². The molecule has 1 saturated carbocycles. The van der Waals surface area contributed by atoms with Gasteiger partial charge in [0.25, 0.3) is 0 Å². The van der Waals surface area contributed by atoms with Crippen molar-refractivity contribution in [3.05, 3.63) is 35.9 Å². The molecule has 1 fully saturated rings. The lowest BCUT2D eigenvalue weighted by atomic mass is 9.96. The predicted octanol–water partition coefficient (Wildman–Crippen LogP) is 2.24. The van der Waals surface area contributed by atoms with Gasteiger partial charge in [-0.1, -0.05) is 30.3 Å². The van der Waals surface area contributed by atoms with E-state index in [9.17, 15) is 9.59 Å². The Labute approximate surface area is 82.9 Å². The average Bonchev–Trinajstić information content (AvgIpc) is 2.65. The number of rotatable bonds is 2. The molecule has 1 aromatic carbocycles. The standard InChI is InChI=1S/C12H12O2/c13-11-7-6-10(8-11)12(14)9-4-2-1-3-5-9/h1-5,10H,6-8H2/t10-/m0/s1. The zero-order valence-electron chi connectivity index (χ0n) is 7.90. The number of hydrogen-bond acceptors (Lipinski definition) is 2. The average molecular weight is 188 g/mol.